The Bertz CT molecular complexity index is 708. The van der Waals surface area contributed by atoms with Gasteiger partial charge in [-0.1, -0.05) is 12.1 Å². The molecule has 0 atom stereocenters. The van der Waals surface area contributed by atoms with Gasteiger partial charge in [-0.2, -0.15) is 0 Å². The first-order valence-electron chi connectivity index (χ1n) is 9.88. The van der Waals surface area contributed by atoms with Crippen LogP contribution in [0.25, 0.3) is 0 Å². The number of likely N-dealkylation sites (tertiary alicyclic amines) is 1. The molecule has 1 heterocycles. The summed E-state index contributed by atoms with van der Waals surface area (Å²) in [4.78, 5) is 37.6. The van der Waals surface area contributed by atoms with Crippen molar-refractivity contribution in [2.45, 2.75) is 45.6 Å². The van der Waals surface area contributed by atoms with Crippen molar-refractivity contribution in [2.75, 3.05) is 26.2 Å². The summed E-state index contributed by atoms with van der Waals surface area (Å²) < 4.78 is 18.0. The molecule has 29 heavy (non-hydrogen) atoms. The zero-order chi connectivity index (χ0) is 21.4. The minimum atomic E-state index is -0.607. The number of piperidine rings is 1. The van der Waals surface area contributed by atoms with Crippen molar-refractivity contribution in [3.05, 3.63) is 35.6 Å². The number of alkyl carbamates (subject to hydrolysis) is 1. The van der Waals surface area contributed by atoms with Gasteiger partial charge in [0.05, 0.1) is 6.42 Å². The molecule has 1 aromatic carbocycles. The molecule has 0 saturated carbocycles. The van der Waals surface area contributed by atoms with Crippen LogP contribution >= 0.6 is 0 Å². The Balaban J connectivity index is 1.64. The maximum absolute atomic E-state index is 12.9. The van der Waals surface area contributed by atoms with Crippen LogP contribution in [0.5, 0.6) is 0 Å². The van der Waals surface area contributed by atoms with Crippen molar-refractivity contribution < 1.29 is 23.5 Å². The highest BCUT2D eigenvalue weighted by atomic mass is 19.1. The molecule has 160 valence electrons. The van der Waals surface area contributed by atoms with Gasteiger partial charge in [-0.15, -0.1) is 0 Å². The third-order valence-corrected chi connectivity index (χ3v) is 4.62. The van der Waals surface area contributed by atoms with E-state index in [0.717, 1.165) is 18.4 Å². The largest absolute Gasteiger partial charge is 0.444 e. The number of carbonyl (C=O) groups excluding carboxylic acids is 3. The molecule has 8 heteroatoms. The van der Waals surface area contributed by atoms with Gasteiger partial charge in [-0.25, -0.2) is 9.18 Å². The lowest BCUT2D eigenvalue weighted by molar-refractivity contribution is -0.131. The van der Waals surface area contributed by atoms with Gasteiger partial charge in [0.2, 0.25) is 11.8 Å². The van der Waals surface area contributed by atoms with E-state index in [2.05, 4.69) is 10.6 Å². The van der Waals surface area contributed by atoms with Gasteiger partial charge in [0, 0.05) is 19.6 Å². The molecule has 1 aliphatic heterocycles. The first-order valence-corrected chi connectivity index (χ1v) is 9.88. The SMILES string of the molecule is CC(C)(C)OC(=O)NCC(=O)N1CCC(CNC(=O)Cc2ccc(F)cc2)CC1. The molecule has 3 amide bonds. The lowest BCUT2D eigenvalue weighted by Gasteiger charge is -2.32. The topological polar surface area (TPSA) is 87.7 Å². The predicted octanol–water partition coefficient (Wildman–Crippen LogP) is 2.25. The molecule has 0 bridgehead atoms. The van der Waals surface area contributed by atoms with E-state index in [1.807, 2.05) is 0 Å². The molecule has 0 aliphatic carbocycles. The summed E-state index contributed by atoms with van der Waals surface area (Å²) in [5.74, 6) is -0.266. The van der Waals surface area contributed by atoms with E-state index in [1.54, 1.807) is 37.8 Å². The minimum absolute atomic E-state index is 0.0893. The maximum Gasteiger partial charge on any atom is 0.408 e. The van der Waals surface area contributed by atoms with Crippen LogP contribution in [0.4, 0.5) is 9.18 Å². The number of nitrogens with zero attached hydrogens (tertiary/aromatic N) is 1. The monoisotopic (exact) mass is 407 g/mol. The maximum atomic E-state index is 12.9. The standard InChI is InChI=1S/C21H30FN3O4/c1-21(2,3)29-20(28)24-14-19(27)25-10-8-16(9-11-25)13-23-18(26)12-15-4-6-17(22)7-5-15/h4-7,16H,8-14H2,1-3H3,(H,23,26)(H,24,28). The number of benzene rings is 1. The van der Waals surface area contributed by atoms with Crippen molar-refractivity contribution in [1.82, 2.24) is 15.5 Å². The van der Waals surface area contributed by atoms with E-state index >= 15 is 0 Å². The highest BCUT2D eigenvalue weighted by Crippen LogP contribution is 2.16. The molecular weight excluding hydrogens is 377 g/mol. The summed E-state index contributed by atoms with van der Waals surface area (Å²) in [6, 6.07) is 5.88. The Morgan fingerprint density at radius 3 is 2.31 bits per heavy atom. The molecule has 0 radical (unpaired) electrons. The van der Waals surface area contributed by atoms with Crippen LogP contribution in [0.1, 0.15) is 39.2 Å². The quantitative estimate of drug-likeness (QED) is 0.757. The number of ether oxygens (including phenoxy) is 1. The second-order valence-corrected chi connectivity index (χ2v) is 8.29. The van der Waals surface area contributed by atoms with Gasteiger partial charge < -0.3 is 20.3 Å². The lowest BCUT2D eigenvalue weighted by atomic mass is 9.96. The third kappa shape index (κ3) is 8.50. The molecule has 7 nitrogen and oxygen atoms in total. The number of rotatable bonds is 6. The highest BCUT2D eigenvalue weighted by molar-refractivity contribution is 5.82. The molecular formula is C21H30FN3O4. The third-order valence-electron chi connectivity index (χ3n) is 4.62. The van der Waals surface area contributed by atoms with Crippen LogP contribution in [0, 0.1) is 11.7 Å². The molecule has 0 unspecified atom stereocenters. The van der Waals surface area contributed by atoms with E-state index < -0.39 is 11.7 Å². The predicted molar refractivity (Wildman–Crippen MR) is 107 cm³/mol. The number of hydrogen-bond acceptors (Lipinski definition) is 4. The van der Waals surface area contributed by atoms with E-state index in [1.165, 1.54) is 12.1 Å². The fourth-order valence-electron chi connectivity index (χ4n) is 3.07. The van der Waals surface area contributed by atoms with Crippen LogP contribution in [0.15, 0.2) is 24.3 Å². The summed E-state index contributed by atoms with van der Waals surface area (Å²) in [5, 5.41) is 5.39. The Labute approximate surface area is 171 Å². The van der Waals surface area contributed by atoms with Gasteiger partial charge in [0.1, 0.15) is 18.0 Å². The Morgan fingerprint density at radius 2 is 1.72 bits per heavy atom. The fraction of sp³-hybridized carbons (Fsp3) is 0.571. The zero-order valence-electron chi connectivity index (χ0n) is 17.3. The molecule has 2 N–H and O–H groups in total. The van der Waals surface area contributed by atoms with Gasteiger partial charge in [-0.3, -0.25) is 9.59 Å². The molecule has 1 fully saturated rings. The molecule has 0 spiro atoms. The summed E-state index contributed by atoms with van der Waals surface area (Å²) in [6.45, 7) is 6.93. The van der Waals surface area contributed by atoms with Gasteiger partial charge in [0.25, 0.3) is 0 Å². The highest BCUT2D eigenvalue weighted by Gasteiger charge is 2.24. The number of carbonyl (C=O) groups is 3. The average Bonchev–Trinajstić information content (AvgIpc) is 2.65. The van der Waals surface area contributed by atoms with E-state index in [0.29, 0.717) is 25.6 Å². The van der Waals surface area contributed by atoms with Crippen LogP contribution < -0.4 is 10.6 Å². The normalized spacial score (nSPS) is 15.0. The summed E-state index contributed by atoms with van der Waals surface area (Å²) >= 11 is 0. The van der Waals surface area contributed by atoms with Crippen molar-refractivity contribution in [1.29, 1.82) is 0 Å². The van der Waals surface area contributed by atoms with E-state index in [4.69, 9.17) is 4.74 Å². The van der Waals surface area contributed by atoms with Crippen LogP contribution in [-0.2, 0) is 20.7 Å². The number of nitrogens with one attached hydrogen (secondary N) is 2. The second kappa shape index (κ2) is 10.2. The number of hydrogen-bond donors (Lipinski definition) is 2. The second-order valence-electron chi connectivity index (χ2n) is 8.29. The van der Waals surface area contributed by atoms with E-state index in [9.17, 15) is 18.8 Å². The Hall–Kier alpha value is -2.64. The molecule has 1 saturated heterocycles. The molecule has 0 aromatic heterocycles. The summed E-state index contributed by atoms with van der Waals surface area (Å²) in [5.41, 5.74) is 0.161. The molecule has 1 aromatic rings. The van der Waals surface area contributed by atoms with Crippen molar-refractivity contribution in [3.8, 4) is 0 Å². The van der Waals surface area contributed by atoms with Crippen LogP contribution in [0.3, 0.4) is 0 Å². The Kier molecular flexibility index (Phi) is 7.99. The van der Waals surface area contributed by atoms with Crippen molar-refractivity contribution >= 4 is 17.9 Å². The molecule has 2 rings (SSSR count). The fourth-order valence-corrected chi connectivity index (χ4v) is 3.07. The first kappa shape index (κ1) is 22.6. The smallest absolute Gasteiger partial charge is 0.408 e. The Morgan fingerprint density at radius 1 is 1.10 bits per heavy atom. The molecule has 1 aliphatic rings. The van der Waals surface area contributed by atoms with Crippen molar-refractivity contribution in [2.24, 2.45) is 5.92 Å². The average molecular weight is 407 g/mol. The lowest BCUT2D eigenvalue weighted by Crippen LogP contribution is -2.46. The summed E-state index contributed by atoms with van der Waals surface area (Å²) in [6.07, 6.45) is 1.18. The zero-order valence-corrected chi connectivity index (χ0v) is 17.3. The van der Waals surface area contributed by atoms with E-state index in [-0.39, 0.29) is 30.6 Å². The van der Waals surface area contributed by atoms with Gasteiger partial charge in [0.15, 0.2) is 0 Å². The van der Waals surface area contributed by atoms with Crippen LogP contribution in [0.2, 0.25) is 0 Å². The first-order chi connectivity index (χ1) is 13.6. The van der Waals surface area contributed by atoms with Gasteiger partial charge in [-0.05, 0) is 57.2 Å². The number of halogens is 1. The van der Waals surface area contributed by atoms with Crippen molar-refractivity contribution in [3.63, 3.8) is 0 Å². The minimum Gasteiger partial charge on any atom is -0.444 e. The number of amides is 3. The van der Waals surface area contributed by atoms with Gasteiger partial charge >= 0.3 is 6.09 Å². The summed E-state index contributed by atoms with van der Waals surface area (Å²) in [7, 11) is 0. The van der Waals surface area contributed by atoms with Crippen LogP contribution in [-0.4, -0.2) is 54.6 Å².